The van der Waals surface area contributed by atoms with Gasteiger partial charge in [0.2, 0.25) is 5.95 Å². The highest BCUT2D eigenvalue weighted by Gasteiger charge is 2.10. The fourth-order valence-corrected chi connectivity index (χ4v) is 1.45. The number of anilines is 2. The van der Waals surface area contributed by atoms with Crippen molar-refractivity contribution in [2.45, 2.75) is 0 Å². The fraction of sp³-hybridized carbons (Fsp3) is 0. The molecule has 1 amide bonds. The zero-order valence-corrected chi connectivity index (χ0v) is 9.78. The Kier molecular flexibility index (Phi) is 3.38. The third-order valence-corrected chi connectivity index (χ3v) is 2.24. The smallest absolute Gasteiger partial charge is 0.258 e. The zero-order chi connectivity index (χ0) is 13.1. The quantitative estimate of drug-likeness (QED) is 0.644. The number of nitrogens with two attached hydrogens (primary N) is 1. The van der Waals surface area contributed by atoms with Crippen molar-refractivity contribution >= 4 is 29.1 Å². The van der Waals surface area contributed by atoms with Crippen molar-refractivity contribution in [3.63, 3.8) is 0 Å². The van der Waals surface area contributed by atoms with E-state index in [1.54, 1.807) is 0 Å². The highest BCUT2D eigenvalue weighted by atomic mass is 35.5. The van der Waals surface area contributed by atoms with E-state index in [0.29, 0.717) is 0 Å². The summed E-state index contributed by atoms with van der Waals surface area (Å²) < 4.78 is 13.1. The topological polar surface area (TPSA) is 80.9 Å². The highest BCUT2D eigenvalue weighted by Crippen LogP contribution is 2.13. The summed E-state index contributed by atoms with van der Waals surface area (Å²) in [6.45, 7) is 0. The van der Waals surface area contributed by atoms with E-state index >= 15 is 0 Å². The van der Waals surface area contributed by atoms with Gasteiger partial charge in [-0.2, -0.15) is 0 Å². The lowest BCUT2D eigenvalue weighted by Gasteiger charge is -2.04. The van der Waals surface area contributed by atoms with Crippen molar-refractivity contribution in [3.8, 4) is 0 Å². The lowest BCUT2D eigenvalue weighted by molar-refractivity contribution is 0.102. The average molecular weight is 267 g/mol. The second-order valence-corrected chi connectivity index (χ2v) is 3.82. The minimum atomic E-state index is -0.591. The number of nitrogens with one attached hydrogen (secondary N) is 1. The number of hydrogen-bond donors (Lipinski definition) is 2. The number of benzene rings is 1. The molecule has 0 bridgehead atoms. The predicted molar refractivity (Wildman–Crippen MR) is 65.8 cm³/mol. The Hall–Kier alpha value is -2.21. The maximum atomic E-state index is 13.1. The van der Waals surface area contributed by atoms with E-state index in [2.05, 4.69) is 15.3 Å². The number of halogens is 2. The van der Waals surface area contributed by atoms with Crippen LogP contribution < -0.4 is 11.1 Å². The van der Waals surface area contributed by atoms with Crippen LogP contribution in [-0.2, 0) is 0 Å². The molecule has 7 heteroatoms. The van der Waals surface area contributed by atoms with E-state index in [1.807, 2.05) is 0 Å². The van der Waals surface area contributed by atoms with Gasteiger partial charge in [-0.15, -0.1) is 0 Å². The van der Waals surface area contributed by atoms with Crippen LogP contribution >= 0.6 is 11.6 Å². The molecule has 0 aliphatic carbocycles. The van der Waals surface area contributed by atoms with E-state index < -0.39 is 11.7 Å². The fourth-order valence-electron chi connectivity index (χ4n) is 1.31. The van der Waals surface area contributed by atoms with E-state index in [1.165, 1.54) is 18.3 Å². The van der Waals surface area contributed by atoms with E-state index in [9.17, 15) is 9.18 Å². The first-order valence-corrected chi connectivity index (χ1v) is 5.28. The number of aromatic nitrogens is 2. The second kappa shape index (κ2) is 4.97. The minimum absolute atomic E-state index is 0.0373. The molecule has 1 aromatic carbocycles. The first-order chi connectivity index (χ1) is 8.54. The van der Waals surface area contributed by atoms with Crippen LogP contribution in [0.25, 0.3) is 0 Å². The van der Waals surface area contributed by atoms with Crippen molar-refractivity contribution in [2.24, 2.45) is 0 Å². The molecule has 1 heterocycles. The van der Waals surface area contributed by atoms with Crippen molar-refractivity contribution < 1.29 is 9.18 Å². The standard InChI is InChI=1S/C11H8ClFN4O/c12-9-1-2-15-11(16-9)17-10(18)6-3-7(13)5-8(14)4-6/h1-5H,14H2,(H,15,16,17,18). The SMILES string of the molecule is Nc1cc(F)cc(C(=O)Nc2nccc(Cl)n2)c1. The minimum Gasteiger partial charge on any atom is -0.399 e. The highest BCUT2D eigenvalue weighted by molar-refractivity contribution is 6.29. The van der Waals surface area contributed by atoms with Gasteiger partial charge in [0.1, 0.15) is 11.0 Å². The van der Waals surface area contributed by atoms with Gasteiger partial charge in [-0.1, -0.05) is 11.6 Å². The number of hydrogen-bond acceptors (Lipinski definition) is 4. The molecule has 92 valence electrons. The van der Waals surface area contributed by atoms with Gasteiger partial charge in [-0.05, 0) is 24.3 Å². The molecule has 2 rings (SSSR count). The first-order valence-electron chi connectivity index (χ1n) is 4.90. The van der Waals surface area contributed by atoms with Crippen LogP contribution in [0.4, 0.5) is 16.0 Å². The average Bonchev–Trinajstić information content (AvgIpc) is 2.27. The Bertz CT molecular complexity index is 585. The van der Waals surface area contributed by atoms with E-state index in [4.69, 9.17) is 17.3 Å². The molecule has 18 heavy (non-hydrogen) atoms. The Balaban J connectivity index is 2.22. The van der Waals surface area contributed by atoms with Gasteiger partial charge in [0.25, 0.3) is 5.91 Å². The van der Waals surface area contributed by atoms with Gasteiger partial charge >= 0.3 is 0 Å². The summed E-state index contributed by atoms with van der Waals surface area (Å²) in [7, 11) is 0. The molecule has 3 N–H and O–H groups in total. The molecule has 0 saturated carbocycles. The molecule has 0 spiro atoms. The van der Waals surface area contributed by atoms with Crippen LogP contribution in [0.2, 0.25) is 5.15 Å². The summed E-state index contributed by atoms with van der Waals surface area (Å²) >= 11 is 5.64. The third kappa shape index (κ3) is 2.92. The molecule has 0 atom stereocenters. The van der Waals surface area contributed by atoms with Gasteiger partial charge in [0, 0.05) is 17.4 Å². The number of nitrogen functional groups attached to an aromatic ring is 1. The lowest BCUT2D eigenvalue weighted by Crippen LogP contribution is -2.14. The molecule has 0 saturated heterocycles. The molecule has 1 aromatic heterocycles. The summed E-state index contributed by atoms with van der Waals surface area (Å²) in [5, 5.41) is 2.58. The maximum absolute atomic E-state index is 13.1. The molecule has 5 nitrogen and oxygen atoms in total. The monoisotopic (exact) mass is 266 g/mol. The number of carbonyl (C=O) groups is 1. The number of rotatable bonds is 2. The van der Waals surface area contributed by atoms with Crippen LogP contribution in [0.15, 0.2) is 30.5 Å². The predicted octanol–water partition coefficient (Wildman–Crippen LogP) is 2.10. The summed E-state index contributed by atoms with van der Waals surface area (Å²) in [6, 6.07) is 5.00. The number of nitrogens with zero attached hydrogens (tertiary/aromatic N) is 2. The van der Waals surface area contributed by atoms with Crippen molar-refractivity contribution in [1.82, 2.24) is 9.97 Å². The summed E-state index contributed by atoms with van der Waals surface area (Å²) in [6.07, 6.45) is 1.39. The molecule has 0 fully saturated rings. The van der Waals surface area contributed by atoms with Crippen LogP contribution in [0.1, 0.15) is 10.4 Å². The van der Waals surface area contributed by atoms with E-state index in [0.717, 1.165) is 12.1 Å². The molecule has 2 aromatic rings. The van der Waals surface area contributed by atoms with Gasteiger partial charge in [-0.3, -0.25) is 10.1 Å². The largest absolute Gasteiger partial charge is 0.399 e. The van der Waals surface area contributed by atoms with Crippen molar-refractivity contribution in [1.29, 1.82) is 0 Å². The Morgan fingerprint density at radius 3 is 2.83 bits per heavy atom. The van der Waals surface area contributed by atoms with Crippen LogP contribution in [0.3, 0.4) is 0 Å². The molecular weight excluding hydrogens is 259 g/mol. The lowest BCUT2D eigenvalue weighted by atomic mass is 10.2. The van der Waals surface area contributed by atoms with Crippen LogP contribution in [0, 0.1) is 5.82 Å². The molecule has 0 radical (unpaired) electrons. The Morgan fingerprint density at radius 1 is 1.39 bits per heavy atom. The number of carbonyl (C=O) groups excluding carboxylic acids is 1. The van der Waals surface area contributed by atoms with Gasteiger partial charge in [0.05, 0.1) is 0 Å². The second-order valence-electron chi connectivity index (χ2n) is 3.43. The summed E-state index contributed by atoms with van der Waals surface area (Å²) in [5.41, 5.74) is 5.68. The molecule has 0 aliphatic heterocycles. The number of amides is 1. The van der Waals surface area contributed by atoms with Crippen LogP contribution in [0.5, 0.6) is 0 Å². The molecule has 0 unspecified atom stereocenters. The van der Waals surface area contributed by atoms with Gasteiger partial charge in [-0.25, -0.2) is 14.4 Å². The van der Waals surface area contributed by atoms with Gasteiger partial charge in [0.15, 0.2) is 0 Å². The molecule has 0 aliphatic rings. The van der Waals surface area contributed by atoms with E-state index in [-0.39, 0.29) is 22.4 Å². The Labute approximate surface area is 107 Å². The van der Waals surface area contributed by atoms with Crippen molar-refractivity contribution in [3.05, 3.63) is 47.0 Å². The first kappa shape index (κ1) is 12.3. The zero-order valence-electron chi connectivity index (χ0n) is 9.02. The normalized spacial score (nSPS) is 10.1. The van der Waals surface area contributed by atoms with Gasteiger partial charge < -0.3 is 5.73 Å². The maximum Gasteiger partial charge on any atom is 0.258 e. The van der Waals surface area contributed by atoms with Crippen molar-refractivity contribution in [2.75, 3.05) is 11.1 Å². The third-order valence-electron chi connectivity index (χ3n) is 2.03. The van der Waals surface area contributed by atoms with Crippen LogP contribution in [-0.4, -0.2) is 15.9 Å². The summed E-state index contributed by atoms with van der Waals surface area (Å²) in [5.74, 6) is -1.12. The summed E-state index contributed by atoms with van der Waals surface area (Å²) in [4.78, 5) is 19.4. The Morgan fingerprint density at radius 2 is 2.17 bits per heavy atom. The molecular formula is C11H8ClFN4O.